The molecule has 6 nitrogen and oxygen atoms in total. The summed E-state index contributed by atoms with van der Waals surface area (Å²) in [5, 5.41) is 16.2. The number of halogens is 5. The molecule has 3 aromatic carbocycles. The lowest BCUT2D eigenvalue weighted by Gasteiger charge is -2.40. The van der Waals surface area contributed by atoms with Crippen molar-refractivity contribution in [3.63, 3.8) is 0 Å². The van der Waals surface area contributed by atoms with E-state index in [1.165, 1.54) is 43.5 Å². The molecular formula is C30H32Cl3F2N3O3. The molecule has 5 atom stereocenters. The molecule has 5 N–H and O–H groups in total. The molecule has 1 aliphatic rings. The Hall–Kier alpha value is -2.30. The molecule has 1 amide bonds. The van der Waals surface area contributed by atoms with Crippen LogP contribution in [0.5, 0.6) is 0 Å². The number of nitrogens with one attached hydrogen (secondary N) is 2. The van der Waals surface area contributed by atoms with E-state index in [1.807, 2.05) is 20.8 Å². The Balaban J connectivity index is 1.87. The molecule has 11 heteroatoms. The largest absolute Gasteiger partial charge is 0.364 e. The molecular weight excluding hydrogens is 595 g/mol. The van der Waals surface area contributed by atoms with E-state index >= 15 is 8.78 Å². The quantitative estimate of drug-likeness (QED) is 0.214. The van der Waals surface area contributed by atoms with E-state index in [-0.39, 0.29) is 37.3 Å². The maximum atomic E-state index is 15.7. The van der Waals surface area contributed by atoms with Crippen LogP contribution >= 0.6 is 34.8 Å². The lowest BCUT2D eigenvalue weighted by Crippen LogP contribution is -2.52. The predicted octanol–water partition coefficient (Wildman–Crippen LogP) is 6.92. The average Bonchev–Trinajstić information content (AvgIpc) is 3.17. The van der Waals surface area contributed by atoms with Crippen LogP contribution in [0.15, 0.2) is 54.6 Å². The third-order valence-corrected chi connectivity index (χ3v) is 8.22. The number of carbonyl (C=O) groups is 1. The summed E-state index contributed by atoms with van der Waals surface area (Å²) < 4.78 is 36.2. The molecule has 220 valence electrons. The van der Waals surface area contributed by atoms with Crippen molar-refractivity contribution in [1.29, 1.82) is 0 Å². The van der Waals surface area contributed by atoms with Gasteiger partial charge in [0, 0.05) is 35.2 Å². The number of aliphatic hydroxyl groups is 1. The van der Waals surface area contributed by atoms with Gasteiger partial charge >= 0.3 is 0 Å². The first-order valence-corrected chi connectivity index (χ1v) is 14.1. The highest BCUT2D eigenvalue weighted by Crippen LogP contribution is 2.50. The molecule has 1 fully saturated rings. The maximum Gasteiger partial charge on any atom is 0.242 e. The molecule has 1 heterocycles. The van der Waals surface area contributed by atoms with Gasteiger partial charge in [0.25, 0.3) is 0 Å². The Morgan fingerprint density at radius 1 is 1.12 bits per heavy atom. The minimum atomic E-state index is -1.61. The third kappa shape index (κ3) is 6.39. The Bertz CT molecular complexity index is 1450. The monoisotopic (exact) mass is 625 g/mol. The minimum Gasteiger partial charge on any atom is -0.364 e. The molecule has 4 rings (SSSR count). The number of hydrogen-bond acceptors (Lipinski definition) is 5. The van der Waals surface area contributed by atoms with E-state index in [0.29, 0.717) is 12.0 Å². The molecule has 0 bridgehead atoms. The zero-order valence-corrected chi connectivity index (χ0v) is 25.2. The van der Waals surface area contributed by atoms with Gasteiger partial charge in [0.1, 0.15) is 11.6 Å². The Labute approximate surface area is 253 Å². The Morgan fingerprint density at radius 2 is 1.83 bits per heavy atom. The molecule has 3 aromatic rings. The summed E-state index contributed by atoms with van der Waals surface area (Å²) in [6, 6.07) is 11.3. The highest BCUT2D eigenvalue weighted by molar-refractivity contribution is 6.34. The summed E-state index contributed by atoms with van der Waals surface area (Å²) in [6.07, 6.45) is -0.785. The maximum absolute atomic E-state index is 15.7. The van der Waals surface area contributed by atoms with Crippen LogP contribution in [0.1, 0.15) is 56.1 Å². The molecule has 0 aromatic heterocycles. The van der Waals surface area contributed by atoms with Crippen LogP contribution in [0.4, 0.5) is 14.5 Å². The molecule has 0 saturated carbocycles. The third-order valence-electron chi connectivity index (χ3n) is 7.38. The summed E-state index contributed by atoms with van der Waals surface area (Å²) in [5.41, 5.74) is 6.05. The van der Waals surface area contributed by atoms with Crippen molar-refractivity contribution in [1.82, 2.24) is 5.32 Å². The smallest absolute Gasteiger partial charge is 0.242 e. The zero-order chi connectivity index (χ0) is 30.3. The molecule has 0 spiro atoms. The zero-order valence-electron chi connectivity index (χ0n) is 22.9. The Morgan fingerprint density at radius 3 is 2.44 bits per heavy atom. The summed E-state index contributed by atoms with van der Waals surface area (Å²) in [5.74, 6) is -3.10. The first kappa shape index (κ1) is 31.6. The number of benzene rings is 3. The van der Waals surface area contributed by atoms with Crippen LogP contribution < -0.4 is 16.4 Å². The fourth-order valence-corrected chi connectivity index (χ4v) is 6.11. The van der Waals surface area contributed by atoms with Gasteiger partial charge < -0.3 is 26.2 Å². The van der Waals surface area contributed by atoms with Gasteiger partial charge in [-0.15, -0.1) is 0 Å². The number of nitrogens with two attached hydrogens (primary N) is 1. The van der Waals surface area contributed by atoms with Crippen LogP contribution in [-0.2, 0) is 15.1 Å². The number of carbonyl (C=O) groups excluding carboxylic acids is 1. The van der Waals surface area contributed by atoms with Crippen LogP contribution in [0.3, 0.4) is 0 Å². The lowest BCUT2D eigenvalue weighted by atomic mass is 9.68. The van der Waals surface area contributed by atoms with Crippen LogP contribution in [0.25, 0.3) is 0 Å². The van der Waals surface area contributed by atoms with Gasteiger partial charge in [0.15, 0.2) is 6.29 Å². The number of methoxy groups -OCH3 is 1. The molecule has 1 unspecified atom stereocenters. The summed E-state index contributed by atoms with van der Waals surface area (Å²) >= 11 is 18.7. The van der Waals surface area contributed by atoms with Crippen molar-refractivity contribution >= 4 is 46.4 Å². The van der Waals surface area contributed by atoms with Crippen molar-refractivity contribution in [2.24, 2.45) is 11.1 Å². The number of aliphatic hydroxyl groups excluding tert-OH is 1. The number of anilines is 1. The second kappa shape index (κ2) is 12.1. The van der Waals surface area contributed by atoms with Gasteiger partial charge in [-0.25, -0.2) is 8.78 Å². The van der Waals surface area contributed by atoms with E-state index in [1.54, 1.807) is 12.1 Å². The van der Waals surface area contributed by atoms with Gasteiger partial charge in [0.2, 0.25) is 5.91 Å². The van der Waals surface area contributed by atoms with Crippen molar-refractivity contribution in [3.05, 3.63) is 98.0 Å². The molecule has 0 radical (unpaired) electrons. The topological polar surface area (TPSA) is 96.6 Å². The van der Waals surface area contributed by atoms with Gasteiger partial charge in [-0.2, -0.15) is 0 Å². The predicted molar refractivity (Wildman–Crippen MR) is 158 cm³/mol. The fraction of sp³-hybridized carbons (Fsp3) is 0.367. The first-order chi connectivity index (χ1) is 19.2. The fourth-order valence-electron chi connectivity index (χ4n) is 5.54. The SMILES string of the molecule is COC(O)c1ccc(NC(=O)[C@@H]2N[C@@H](CC(C)(C)C)[C@](N)(c3ccc(Cl)cc3F)[C@H]2c2cccc(Cl)c2F)c(Cl)c1. The molecule has 0 aliphatic carbocycles. The van der Waals surface area contributed by atoms with Crippen molar-refractivity contribution < 1.29 is 23.4 Å². The first-order valence-electron chi connectivity index (χ1n) is 12.9. The van der Waals surface area contributed by atoms with E-state index in [9.17, 15) is 9.90 Å². The van der Waals surface area contributed by atoms with Crippen molar-refractivity contribution in [2.75, 3.05) is 12.4 Å². The number of ether oxygens (including phenoxy) is 1. The minimum absolute atomic E-state index is 0.0584. The van der Waals surface area contributed by atoms with Crippen molar-refractivity contribution in [3.8, 4) is 0 Å². The van der Waals surface area contributed by atoms with Gasteiger partial charge in [0.05, 0.1) is 27.3 Å². The van der Waals surface area contributed by atoms with E-state index in [2.05, 4.69) is 10.6 Å². The molecule has 41 heavy (non-hydrogen) atoms. The Kier molecular flexibility index (Phi) is 9.36. The van der Waals surface area contributed by atoms with E-state index in [4.69, 9.17) is 45.3 Å². The number of hydrogen-bond donors (Lipinski definition) is 4. The van der Waals surface area contributed by atoms with Crippen LogP contribution in [-0.4, -0.2) is 30.2 Å². The standard InChI is InChI=1S/C30H32Cl3F2N3O3/c1-29(2,3)14-23-30(36,18-10-9-16(31)13-21(18)34)24(17-6-5-7-19(32)25(17)35)26(38-23)27(39)37-22-11-8-15(12-20(22)33)28(40)41-4/h5-13,23-24,26,28,38,40H,14,36H2,1-4H3,(H,37,39)/t23-,24-,26+,28?,30+/m0/s1. The van der Waals surface area contributed by atoms with E-state index in [0.717, 1.165) is 6.07 Å². The van der Waals surface area contributed by atoms with Crippen LogP contribution in [0.2, 0.25) is 15.1 Å². The summed E-state index contributed by atoms with van der Waals surface area (Å²) in [6.45, 7) is 5.97. The van der Waals surface area contributed by atoms with E-state index < -0.39 is 47.4 Å². The highest BCUT2D eigenvalue weighted by atomic mass is 35.5. The lowest BCUT2D eigenvalue weighted by molar-refractivity contribution is -0.118. The molecule has 1 aliphatic heterocycles. The van der Waals surface area contributed by atoms with Crippen molar-refractivity contribution in [2.45, 2.75) is 57.0 Å². The summed E-state index contributed by atoms with van der Waals surface area (Å²) in [4.78, 5) is 14.0. The van der Waals surface area contributed by atoms with Gasteiger partial charge in [-0.3, -0.25) is 4.79 Å². The number of amides is 1. The van der Waals surface area contributed by atoms with Gasteiger partial charge in [-0.1, -0.05) is 79.8 Å². The van der Waals surface area contributed by atoms with Crippen LogP contribution in [0, 0.1) is 17.0 Å². The highest BCUT2D eigenvalue weighted by Gasteiger charge is 2.58. The van der Waals surface area contributed by atoms with Gasteiger partial charge in [-0.05, 0) is 47.7 Å². The number of rotatable bonds is 7. The second-order valence-electron chi connectivity index (χ2n) is 11.5. The average molecular weight is 627 g/mol. The second-order valence-corrected chi connectivity index (χ2v) is 12.7. The summed E-state index contributed by atoms with van der Waals surface area (Å²) in [7, 11) is 1.34. The normalized spacial score (nSPS) is 23.4. The molecule has 1 saturated heterocycles.